The molecule has 0 radical (unpaired) electrons. The number of rotatable bonds is 3. The van der Waals surface area contributed by atoms with E-state index in [2.05, 4.69) is 19.7 Å². The van der Waals surface area contributed by atoms with Crippen molar-refractivity contribution in [1.82, 2.24) is 29.1 Å². The van der Waals surface area contributed by atoms with E-state index in [1.165, 1.54) is 4.52 Å². The van der Waals surface area contributed by atoms with Gasteiger partial charge >= 0.3 is 0 Å². The molecule has 1 aliphatic heterocycles. The SMILES string of the molecule is CCc1cc(=O)n2[nH]c(C3CCCN(C(=O)c4snnc4C)C3)cc2n1. The van der Waals surface area contributed by atoms with E-state index in [0.29, 0.717) is 22.8 Å². The number of likely N-dealkylation sites (tertiary alicyclic amines) is 1. The lowest BCUT2D eigenvalue weighted by molar-refractivity contribution is 0.0710. The van der Waals surface area contributed by atoms with E-state index in [-0.39, 0.29) is 17.4 Å². The molecule has 136 valence electrons. The van der Waals surface area contributed by atoms with Gasteiger partial charge in [0.15, 0.2) is 5.65 Å². The Morgan fingerprint density at radius 1 is 1.42 bits per heavy atom. The smallest absolute Gasteiger partial charge is 0.272 e. The Labute approximate surface area is 154 Å². The normalized spacial score (nSPS) is 17.8. The summed E-state index contributed by atoms with van der Waals surface area (Å²) in [5.74, 6) is 0.141. The largest absolute Gasteiger partial charge is 0.337 e. The third-order valence-electron chi connectivity index (χ3n) is 4.88. The first-order valence-electron chi connectivity index (χ1n) is 8.76. The third kappa shape index (κ3) is 2.92. The Bertz CT molecular complexity index is 1020. The van der Waals surface area contributed by atoms with Crippen LogP contribution in [0, 0.1) is 6.92 Å². The van der Waals surface area contributed by atoms with Crippen LogP contribution in [0.4, 0.5) is 0 Å². The molecular weight excluding hydrogens is 352 g/mol. The van der Waals surface area contributed by atoms with Gasteiger partial charge in [-0.25, -0.2) is 9.50 Å². The van der Waals surface area contributed by atoms with Crippen LogP contribution in [0.25, 0.3) is 5.65 Å². The highest BCUT2D eigenvalue weighted by atomic mass is 32.1. The number of amides is 1. The van der Waals surface area contributed by atoms with Crippen LogP contribution in [-0.2, 0) is 6.42 Å². The summed E-state index contributed by atoms with van der Waals surface area (Å²) in [7, 11) is 0. The Morgan fingerprint density at radius 3 is 3.00 bits per heavy atom. The van der Waals surface area contributed by atoms with Gasteiger partial charge in [0.2, 0.25) is 0 Å². The number of fused-ring (bicyclic) bond motifs is 1. The first-order valence-corrected chi connectivity index (χ1v) is 9.54. The Balaban J connectivity index is 1.61. The lowest BCUT2D eigenvalue weighted by atomic mass is 9.94. The van der Waals surface area contributed by atoms with Gasteiger partial charge in [-0.3, -0.25) is 14.7 Å². The molecule has 1 unspecified atom stereocenters. The molecule has 1 atom stereocenters. The van der Waals surface area contributed by atoms with E-state index in [0.717, 1.165) is 48.7 Å². The minimum atomic E-state index is -0.104. The highest BCUT2D eigenvalue weighted by molar-refractivity contribution is 7.07. The van der Waals surface area contributed by atoms with E-state index in [1.807, 2.05) is 17.9 Å². The van der Waals surface area contributed by atoms with Crippen LogP contribution in [0.15, 0.2) is 16.9 Å². The van der Waals surface area contributed by atoms with Gasteiger partial charge < -0.3 is 4.90 Å². The van der Waals surface area contributed by atoms with Crippen LogP contribution in [-0.4, -0.2) is 48.1 Å². The van der Waals surface area contributed by atoms with Crippen molar-refractivity contribution in [2.45, 2.75) is 39.0 Å². The predicted molar refractivity (Wildman–Crippen MR) is 97.7 cm³/mol. The maximum Gasteiger partial charge on any atom is 0.272 e. The number of piperidine rings is 1. The van der Waals surface area contributed by atoms with Crippen molar-refractivity contribution in [2.75, 3.05) is 13.1 Å². The molecule has 4 heterocycles. The lowest BCUT2D eigenvalue weighted by Gasteiger charge is -2.31. The zero-order chi connectivity index (χ0) is 18.3. The minimum Gasteiger partial charge on any atom is -0.337 e. The first-order chi connectivity index (χ1) is 12.6. The second kappa shape index (κ2) is 6.64. The molecule has 0 aliphatic carbocycles. The molecule has 0 spiro atoms. The zero-order valence-corrected chi connectivity index (χ0v) is 15.5. The minimum absolute atomic E-state index is 0.0122. The van der Waals surface area contributed by atoms with Gasteiger partial charge in [-0.2, -0.15) is 0 Å². The molecule has 1 saturated heterocycles. The van der Waals surface area contributed by atoms with Crippen molar-refractivity contribution >= 4 is 23.1 Å². The summed E-state index contributed by atoms with van der Waals surface area (Å²) in [5.41, 5.74) is 2.94. The van der Waals surface area contributed by atoms with E-state index in [9.17, 15) is 9.59 Å². The van der Waals surface area contributed by atoms with E-state index < -0.39 is 0 Å². The molecule has 8 nitrogen and oxygen atoms in total. The molecule has 9 heteroatoms. The van der Waals surface area contributed by atoms with Crippen LogP contribution < -0.4 is 5.56 Å². The second-order valence-electron chi connectivity index (χ2n) is 6.62. The van der Waals surface area contributed by atoms with Crippen molar-refractivity contribution in [3.63, 3.8) is 0 Å². The number of hydrogen-bond donors (Lipinski definition) is 1. The summed E-state index contributed by atoms with van der Waals surface area (Å²) < 4.78 is 5.34. The van der Waals surface area contributed by atoms with E-state index in [1.54, 1.807) is 13.0 Å². The third-order valence-corrected chi connectivity index (χ3v) is 5.70. The van der Waals surface area contributed by atoms with Crippen LogP contribution in [0.5, 0.6) is 0 Å². The number of carbonyl (C=O) groups is 1. The maximum atomic E-state index is 12.7. The number of nitrogens with one attached hydrogen (secondary N) is 1. The molecule has 3 aromatic heterocycles. The number of aromatic nitrogens is 5. The summed E-state index contributed by atoms with van der Waals surface area (Å²) in [5, 5.41) is 7.11. The number of carbonyl (C=O) groups excluding carboxylic acids is 1. The van der Waals surface area contributed by atoms with Crippen molar-refractivity contribution in [3.8, 4) is 0 Å². The summed E-state index contributed by atoms with van der Waals surface area (Å²) in [4.78, 5) is 32.0. The highest BCUT2D eigenvalue weighted by Gasteiger charge is 2.28. The molecule has 1 aliphatic rings. The molecule has 1 fully saturated rings. The number of aryl methyl sites for hydroxylation is 2. The number of hydrogen-bond acceptors (Lipinski definition) is 6. The molecule has 0 aromatic carbocycles. The van der Waals surface area contributed by atoms with Crippen LogP contribution >= 0.6 is 11.5 Å². The van der Waals surface area contributed by atoms with Gasteiger partial charge in [-0.1, -0.05) is 11.4 Å². The van der Waals surface area contributed by atoms with Gasteiger partial charge in [-0.05, 0) is 37.7 Å². The fraction of sp³-hybridized carbons (Fsp3) is 0.471. The standard InChI is InChI=1S/C17H20N6O2S/c1-3-12-7-15(24)23-14(18-12)8-13(20-23)11-5-4-6-22(9-11)17(25)16-10(2)19-21-26-16/h7-8,11,20H,3-6,9H2,1-2H3. The molecule has 1 N–H and O–H groups in total. The van der Waals surface area contributed by atoms with Gasteiger partial charge in [-0.15, -0.1) is 5.10 Å². The zero-order valence-electron chi connectivity index (χ0n) is 14.7. The van der Waals surface area contributed by atoms with E-state index in [4.69, 9.17) is 0 Å². The summed E-state index contributed by atoms with van der Waals surface area (Å²) in [6, 6.07) is 3.49. The van der Waals surface area contributed by atoms with Crippen LogP contribution in [0.3, 0.4) is 0 Å². The first kappa shape index (κ1) is 16.9. The second-order valence-corrected chi connectivity index (χ2v) is 7.38. The average molecular weight is 372 g/mol. The van der Waals surface area contributed by atoms with Crippen LogP contribution in [0.1, 0.15) is 52.4 Å². The maximum absolute atomic E-state index is 12.7. The number of aromatic amines is 1. The fourth-order valence-electron chi connectivity index (χ4n) is 3.44. The molecule has 3 aromatic rings. The molecule has 0 saturated carbocycles. The van der Waals surface area contributed by atoms with Gasteiger partial charge in [0.25, 0.3) is 11.5 Å². The average Bonchev–Trinajstić information content (AvgIpc) is 3.27. The Kier molecular flexibility index (Phi) is 4.31. The monoisotopic (exact) mass is 372 g/mol. The Hall–Kier alpha value is -2.55. The topological polar surface area (TPSA) is 96.2 Å². The molecule has 26 heavy (non-hydrogen) atoms. The summed E-state index contributed by atoms with van der Waals surface area (Å²) in [6.45, 7) is 5.12. The molecule has 4 rings (SSSR count). The van der Waals surface area contributed by atoms with Crippen molar-refractivity contribution in [3.05, 3.63) is 44.4 Å². The fourth-order valence-corrected chi connectivity index (χ4v) is 4.06. The van der Waals surface area contributed by atoms with Gasteiger partial charge in [0.05, 0.1) is 5.69 Å². The Morgan fingerprint density at radius 2 is 2.27 bits per heavy atom. The van der Waals surface area contributed by atoms with Crippen molar-refractivity contribution in [1.29, 1.82) is 0 Å². The quantitative estimate of drug-likeness (QED) is 0.756. The predicted octanol–water partition coefficient (Wildman–Crippen LogP) is 1.76. The molecular formula is C17H20N6O2S. The summed E-state index contributed by atoms with van der Waals surface area (Å²) >= 11 is 1.14. The summed E-state index contributed by atoms with van der Waals surface area (Å²) in [6.07, 6.45) is 2.60. The van der Waals surface area contributed by atoms with Gasteiger partial charge in [0.1, 0.15) is 4.88 Å². The van der Waals surface area contributed by atoms with E-state index >= 15 is 0 Å². The number of H-pyrrole nitrogens is 1. The lowest BCUT2D eigenvalue weighted by Crippen LogP contribution is -2.39. The molecule has 0 bridgehead atoms. The van der Waals surface area contributed by atoms with Gasteiger partial charge in [0, 0.05) is 42.5 Å². The van der Waals surface area contributed by atoms with Crippen molar-refractivity contribution in [2.24, 2.45) is 0 Å². The van der Waals surface area contributed by atoms with Crippen LogP contribution in [0.2, 0.25) is 0 Å². The molecule has 1 amide bonds. The number of nitrogens with zero attached hydrogens (tertiary/aromatic N) is 5. The van der Waals surface area contributed by atoms with Crippen molar-refractivity contribution < 1.29 is 4.79 Å². The highest BCUT2D eigenvalue weighted by Crippen LogP contribution is 2.28.